The van der Waals surface area contributed by atoms with E-state index in [4.69, 9.17) is 5.84 Å². The second-order valence-corrected chi connectivity index (χ2v) is 5.60. The molecule has 2 saturated heterocycles. The molecular formula is C14H21N5O. The zero-order chi connectivity index (χ0) is 13.9. The molecule has 0 aliphatic carbocycles. The first-order valence-corrected chi connectivity index (χ1v) is 7.24. The second-order valence-electron chi connectivity index (χ2n) is 5.60. The monoisotopic (exact) mass is 275 g/mol. The topological polar surface area (TPSA) is 83.3 Å². The van der Waals surface area contributed by atoms with E-state index >= 15 is 0 Å². The quantitative estimate of drug-likeness (QED) is 0.559. The first-order chi connectivity index (χ1) is 9.76. The van der Waals surface area contributed by atoms with Crippen molar-refractivity contribution in [3.05, 3.63) is 23.9 Å². The van der Waals surface area contributed by atoms with Gasteiger partial charge in [-0.3, -0.25) is 4.79 Å². The van der Waals surface area contributed by atoms with Crippen molar-refractivity contribution in [2.75, 3.05) is 18.5 Å². The summed E-state index contributed by atoms with van der Waals surface area (Å²) in [5.74, 6) is 5.77. The number of piperidine rings is 1. The van der Waals surface area contributed by atoms with E-state index in [0.29, 0.717) is 17.4 Å². The molecule has 2 unspecified atom stereocenters. The van der Waals surface area contributed by atoms with E-state index in [1.54, 1.807) is 18.3 Å². The number of hydrogen-bond acceptors (Lipinski definition) is 5. The number of aromatic nitrogens is 1. The highest BCUT2D eigenvalue weighted by atomic mass is 16.1. The standard InChI is InChI=1S/C14H21N5O/c15-18-13-8-10(3-5-16-13)14(20)17-11-4-7-19-6-1-2-12(19)9-11/h3,5,8,11-12H,1-2,4,6-7,9,15H2,(H,16,18)(H,17,20). The molecule has 1 aromatic rings. The Morgan fingerprint density at radius 1 is 1.40 bits per heavy atom. The summed E-state index contributed by atoms with van der Waals surface area (Å²) in [6.07, 6.45) is 6.25. The van der Waals surface area contributed by atoms with E-state index in [-0.39, 0.29) is 11.9 Å². The van der Waals surface area contributed by atoms with E-state index in [9.17, 15) is 4.79 Å². The number of carbonyl (C=O) groups excluding carboxylic acids is 1. The van der Waals surface area contributed by atoms with Gasteiger partial charge in [-0.1, -0.05) is 0 Å². The lowest BCUT2D eigenvalue weighted by molar-refractivity contribution is 0.0896. The summed E-state index contributed by atoms with van der Waals surface area (Å²) in [5, 5.41) is 3.14. The number of rotatable bonds is 3. The van der Waals surface area contributed by atoms with Crippen LogP contribution in [0.4, 0.5) is 5.82 Å². The maximum absolute atomic E-state index is 12.3. The third-order valence-electron chi connectivity index (χ3n) is 4.33. The molecule has 1 aromatic heterocycles. The first-order valence-electron chi connectivity index (χ1n) is 7.24. The van der Waals surface area contributed by atoms with Gasteiger partial charge in [-0.25, -0.2) is 10.8 Å². The summed E-state index contributed by atoms with van der Waals surface area (Å²) >= 11 is 0. The number of nitrogens with one attached hydrogen (secondary N) is 2. The fourth-order valence-corrected chi connectivity index (χ4v) is 3.27. The van der Waals surface area contributed by atoms with E-state index in [1.807, 2.05) is 0 Å². The number of hydrogen-bond donors (Lipinski definition) is 3. The number of carbonyl (C=O) groups is 1. The van der Waals surface area contributed by atoms with Gasteiger partial charge < -0.3 is 15.6 Å². The van der Waals surface area contributed by atoms with Gasteiger partial charge in [0.15, 0.2) is 0 Å². The Morgan fingerprint density at radius 3 is 3.15 bits per heavy atom. The van der Waals surface area contributed by atoms with Gasteiger partial charge in [0.05, 0.1) is 0 Å². The van der Waals surface area contributed by atoms with E-state index in [2.05, 4.69) is 20.6 Å². The zero-order valence-electron chi connectivity index (χ0n) is 11.5. The average Bonchev–Trinajstić information content (AvgIpc) is 2.95. The van der Waals surface area contributed by atoms with Crippen molar-refractivity contribution in [3.8, 4) is 0 Å². The molecule has 2 atom stereocenters. The van der Waals surface area contributed by atoms with Crippen LogP contribution in [0.25, 0.3) is 0 Å². The summed E-state index contributed by atoms with van der Waals surface area (Å²) < 4.78 is 0. The number of pyridine rings is 1. The van der Waals surface area contributed by atoms with Gasteiger partial charge in [0, 0.05) is 30.4 Å². The lowest BCUT2D eigenvalue weighted by Crippen LogP contribution is -2.47. The molecule has 2 fully saturated rings. The first kappa shape index (κ1) is 13.3. The van der Waals surface area contributed by atoms with Gasteiger partial charge in [-0.15, -0.1) is 0 Å². The van der Waals surface area contributed by atoms with Crippen LogP contribution in [-0.2, 0) is 0 Å². The zero-order valence-corrected chi connectivity index (χ0v) is 11.5. The van der Waals surface area contributed by atoms with Crippen LogP contribution in [0, 0.1) is 0 Å². The Hall–Kier alpha value is -1.66. The molecule has 108 valence electrons. The largest absolute Gasteiger partial charge is 0.349 e. The third kappa shape index (κ3) is 2.76. The predicted octanol–water partition coefficient (Wildman–Crippen LogP) is 0.724. The third-order valence-corrected chi connectivity index (χ3v) is 4.33. The van der Waals surface area contributed by atoms with Crippen molar-refractivity contribution in [2.24, 2.45) is 5.84 Å². The highest BCUT2D eigenvalue weighted by Crippen LogP contribution is 2.26. The Bertz CT molecular complexity index is 492. The molecule has 6 heteroatoms. The summed E-state index contributed by atoms with van der Waals surface area (Å²) in [5.41, 5.74) is 3.06. The molecule has 0 bridgehead atoms. The maximum Gasteiger partial charge on any atom is 0.251 e. The molecule has 0 radical (unpaired) electrons. The SMILES string of the molecule is NNc1cc(C(=O)NC2CCN3CCCC3C2)ccn1. The van der Waals surface area contributed by atoms with Crippen LogP contribution in [0.2, 0.25) is 0 Å². The Labute approximate surface area is 118 Å². The van der Waals surface area contributed by atoms with E-state index < -0.39 is 0 Å². The van der Waals surface area contributed by atoms with Gasteiger partial charge in [0.2, 0.25) is 0 Å². The van der Waals surface area contributed by atoms with Crippen molar-refractivity contribution in [1.29, 1.82) is 0 Å². The van der Waals surface area contributed by atoms with Crippen LogP contribution in [0.3, 0.4) is 0 Å². The summed E-state index contributed by atoms with van der Waals surface area (Å²) in [4.78, 5) is 18.8. The summed E-state index contributed by atoms with van der Waals surface area (Å²) in [7, 11) is 0. The van der Waals surface area contributed by atoms with Crippen molar-refractivity contribution in [3.63, 3.8) is 0 Å². The van der Waals surface area contributed by atoms with Gasteiger partial charge in [0.1, 0.15) is 5.82 Å². The molecular weight excluding hydrogens is 254 g/mol. The highest BCUT2D eigenvalue weighted by Gasteiger charge is 2.32. The molecule has 20 heavy (non-hydrogen) atoms. The molecule has 1 amide bonds. The molecule has 3 heterocycles. The molecule has 2 aliphatic heterocycles. The Morgan fingerprint density at radius 2 is 2.30 bits per heavy atom. The Kier molecular flexibility index (Phi) is 3.84. The van der Waals surface area contributed by atoms with Gasteiger partial charge >= 0.3 is 0 Å². The van der Waals surface area contributed by atoms with Crippen molar-refractivity contribution in [2.45, 2.75) is 37.8 Å². The van der Waals surface area contributed by atoms with Gasteiger partial charge in [-0.2, -0.15) is 0 Å². The van der Waals surface area contributed by atoms with Crippen LogP contribution < -0.4 is 16.6 Å². The number of amides is 1. The number of nitrogens with two attached hydrogens (primary N) is 1. The maximum atomic E-state index is 12.3. The predicted molar refractivity (Wildman–Crippen MR) is 77.1 cm³/mol. The molecule has 4 N–H and O–H groups in total. The fourth-order valence-electron chi connectivity index (χ4n) is 3.27. The fraction of sp³-hybridized carbons (Fsp3) is 0.571. The van der Waals surface area contributed by atoms with Crippen LogP contribution in [0.1, 0.15) is 36.0 Å². The minimum atomic E-state index is -0.0413. The van der Waals surface area contributed by atoms with Crippen LogP contribution in [0.5, 0.6) is 0 Å². The molecule has 0 saturated carbocycles. The minimum Gasteiger partial charge on any atom is -0.349 e. The Balaban J connectivity index is 1.61. The van der Waals surface area contributed by atoms with Gasteiger partial charge in [-0.05, 0) is 44.4 Å². The molecule has 6 nitrogen and oxygen atoms in total. The van der Waals surface area contributed by atoms with E-state index in [0.717, 1.165) is 19.4 Å². The van der Waals surface area contributed by atoms with Gasteiger partial charge in [0.25, 0.3) is 5.91 Å². The average molecular weight is 275 g/mol. The normalized spacial score (nSPS) is 26.1. The molecule has 0 aromatic carbocycles. The summed E-state index contributed by atoms with van der Waals surface area (Å²) in [6, 6.07) is 4.32. The molecule has 3 rings (SSSR count). The number of fused-ring (bicyclic) bond motifs is 1. The lowest BCUT2D eigenvalue weighted by Gasteiger charge is -2.35. The number of nitrogen functional groups attached to an aromatic ring is 1. The van der Waals surface area contributed by atoms with E-state index in [1.165, 1.54) is 19.4 Å². The van der Waals surface area contributed by atoms with Crippen LogP contribution >= 0.6 is 0 Å². The highest BCUT2D eigenvalue weighted by molar-refractivity contribution is 5.94. The van der Waals surface area contributed by atoms with Crippen LogP contribution in [-0.4, -0.2) is 41.0 Å². The van der Waals surface area contributed by atoms with Crippen LogP contribution in [0.15, 0.2) is 18.3 Å². The number of hydrazine groups is 1. The molecule has 0 spiro atoms. The lowest BCUT2D eigenvalue weighted by atomic mass is 9.97. The molecule has 2 aliphatic rings. The second kappa shape index (κ2) is 5.76. The number of anilines is 1. The summed E-state index contributed by atoms with van der Waals surface area (Å²) in [6.45, 7) is 2.32. The van der Waals surface area contributed by atoms with Crippen molar-refractivity contribution in [1.82, 2.24) is 15.2 Å². The van der Waals surface area contributed by atoms with Crippen molar-refractivity contribution >= 4 is 11.7 Å². The van der Waals surface area contributed by atoms with Crippen molar-refractivity contribution < 1.29 is 4.79 Å². The number of nitrogens with zero attached hydrogens (tertiary/aromatic N) is 2. The smallest absolute Gasteiger partial charge is 0.251 e. The minimum absolute atomic E-state index is 0.0413.